The molecule has 0 radical (unpaired) electrons. The maximum absolute atomic E-state index is 9.90. The molecule has 1 saturated heterocycles. The lowest BCUT2D eigenvalue weighted by Gasteiger charge is -2.21. The van der Waals surface area contributed by atoms with Crippen LogP contribution in [0.4, 0.5) is 5.69 Å². The van der Waals surface area contributed by atoms with Gasteiger partial charge in [0.2, 0.25) is 0 Å². The molecule has 4 N–H and O–H groups in total. The first kappa shape index (κ1) is 14.5. The van der Waals surface area contributed by atoms with Crippen molar-refractivity contribution in [2.45, 2.75) is 25.3 Å². The van der Waals surface area contributed by atoms with Crippen LogP contribution in [0.3, 0.4) is 0 Å². The van der Waals surface area contributed by atoms with E-state index in [0.717, 1.165) is 55.7 Å². The first-order valence-electron chi connectivity index (χ1n) is 8.15. The Labute approximate surface area is 134 Å². The molecule has 1 aromatic carbocycles. The molecule has 1 atom stereocenters. The lowest BCUT2D eigenvalue weighted by Crippen LogP contribution is -2.34. The van der Waals surface area contributed by atoms with Gasteiger partial charge < -0.3 is 25.6 Å². The lowest BCUT2D eigenvalue weighted by atomic mass is 10.1. The monoisotopic (exact) mass is 315 g/mol. The van der Waals surface area contributed by atoms with E-state index in [1.165, 1.54) is 11.6 Å². The van der Waals surface area contributed by atoms with Crippen molar-refractivity contribution in [2.24, 2.45) is 0 Å². The van der Waals surface area contributed by atoms with Crippen LogP contribution in [0, 0.1) is 0 Å². The van der Waals surface area contributed by atoms with Gasteiger partial charge in [0.1, 0.15) is 0 Å². The van der Waals surface area contributed by atoms with Crippen LogP contribution in [0.5, 0.6) is 11.5 Å². The Hall–Kier alpha value is -2.05. The number of ether oxygens (including phenoxy) is 1. The van der Waals surface area contributed by atoms with Crippen LogP contribution in [0.25, 0.3) is 10.9 Å². The third-order valence-electron chi connectivity index (χ3n) is 4.59. The number of phenols is 2. The molecule has 2 aliphatic rings. The van der Waals surface area contributed by atoms with Crippen molar-refractivity contribution in [3.05, 3.63) is 23.4 Å². The summed E-state index contributed by atoms with van der Waals surface area (Å²) in [6.07, 6.45) is 3.04. The average Bonchev–Trinajstić information content (AvgIpc) is 2.84. The van der Waals surface area contributed by atoms with E-state index < -0.39 is 0 Å². The van der Waals surface area contributed by atoms with E-state index in [4.69, 9.17) is 4.74 Å². The number of aromatic nitrogens is 1. The molecule has 23 heavy (non-hydrogen) atoms. The minimum Gasteiger partial charge on any atom is -0.504 e. The summed E-state index contributed by atoms with van der Waals surface area (Å²) in [7, 11) is 0. The van der Waals surface area contributed by atoms with Crippen LogP contribution >= 0.6 is 0 Å². The molecule has 4 rings (SSSR count). The van der Waals surface area contributed by atoms with Gasteiger partial charge in [0.15, 0.2) is 11.5 Å². The van der Waals surface area contributed by atoms with Gasteiger partial charge in [-0.1, -0.05) is 0 Å². The minimum absolute atomic E-state index is 0.115. The summed E-state index contributed by atoms with van der Waals surface area (Å²) in [4.78, 5) is 4.67. The van der Waals surface area contributed by atoms with Gasteiger partial charge in [0, 0.05) is 35.9 Å². The summed E-state index contributed by atoms with van der Waals surface area (Å²) in [5.41, 5.74) is 4.06. The molecule has 6 heteroatoms. The fourth-order valence-electron chi connectivity index (χ4n) is 3.45. The lowest BCUT2D eigenvalue weighted by molar-refractivity contribution is 0.145. The van der Waals surface area contributed by atoms with E-state index in [2.05, 4.69) is 15.6 Å². The Morgan fingerprint density at radius 2 is 2.09 bits per heavy atom. The Morgan fingerprint density at radius 3 is 3.00 bits per heavy atom. The summed E-state index contributed by atoms with van der Waals surface area (Å²) in [6, 6.07) is 3.31. The van der Waals surface area contributed by atoms with Crippen LogP contribution in [-0.4, -0.2) is 47.5 Å². The molecular formula is C17H21N3O3. The van der Waals surface area contributed by atoms with E-state index in [9.17, 15) is 10.2 Å². The van der Waals surface area contributed by atoms with Crippen LogP contribution in [-0.2, 0) is 17.6 Å². The number of fused-ring (bicyclic) bond motifs is 2. The molecule has 1 aromatic heterocycles. The van der Waals surface area contributed by atoms with Crippen molar-refractivity contribution in [1.82, 2.24) is 10.3 Å². The van der Waals surface area contributed by atoms with Crippen molar-refractivity contribution in [3.8, 4) is 11.5 Å². The molecule has 2 heterocycles. The number of phenolic OH excluding ortho intramolecular Hbond substituents is 2. The van der Waals surface area contributed by atoms with E-state index in [1.54, 1.807) is 6.07 Å². The first-order chi connectivity index (χ1) is 11.2. The number of aryl methyl sites for hydroxylation is 1. The van der Waals surface area contributed by atoms with E-state index in [1.807, 2.05) is 0 Å². The maximum atomic E-state index is 9.90. The summed E-state index contributed by atoms with van der Waals surface area (Å²) >= 11 is 0. The second-order valence-electron chi connectivity index (χ2n) is 6.24. The summed E-state index contributed by atoms with van der Waals surface area (Å²) in [6.45, 7) is 3.07. The summed E-state index contributed by atoms with van der Waals surface area (Å²) in [5, 5.41) is 27.5. The highest BCUT2D eigenvalue weighted by atomic mass is 16.5. The number of benzene rings is 1. The van der Waals surface area contributed by atoms with Gasteiger partial charge in [-0.05, 0) is 30.9 Å². The molecule has 6 nitrogen and oxygen atoms in total. The van der Waals surface area contributed by atoms with Gasteiger partial charge in [-0.2, -0.15) is 0 Å². The predicted octanol–water partition coefficient (Wildman–Crippen LogP) is 1.53. The second kappa shape index (κ2) is 5.86. The number of nitrogens with zero attached hydrogens (tertiary/aromatic N) is 1. The third kappa shape index (κ3) is 2.68. The highest BCUT2D eigenvalue weighted by molar-refractivity contribution is 5.96. The minimum atomic E-state index is -0.131. The zero-order valence-corrected chi connectivity index (χ0v) is 12.9. The van der Waals surface area contributed by atoms with Crippen LogP contribution in [0.15, 0.2) is 12.1 Å². The molecule has 2 aromatic rings. The molecule has 0 amide bonds. The second-order valence-corrected chi connectivity index (χ2v) is 6.24. The van der Waals surface area contributed by atoms with Gasteiger partial charge >= 0.3 is 0 Å². The number of hydrogen-bond donors (Lipinski definition) is 4. The zero-order valence-electron chi connectivity index (χ0n) is 12.9. The number of aromatic hydroxyl groups is 2. The number of pyridine rings is 1. The zero-order chi connectivity index (χ0) is 15.8. The fourth-order valence-corrected chi connectivity index (χ4v) is 3.45. The fraction of sp³-hybridized carbons (Fsp3) is 0.471. The van der Waals surface area contributed by atoms with Gasteiger partial charge in [0.25, 0.3) is 0 Å². The predicted molar refractivity (Wildman–Crippen MR) is 88.2 cm³/mol. The van der Waals surface area contributed by atoms with Crippen LogP contribution in [0.1, 0.15) is 17.7 Å². The smallest absolute Gasteiger partial charge is 0.159 e. The van der Waals surface area contributed by atoms with Crippen molar-refractivity contribution < 1.29 is 14.9 Å². The largest absolute Gasteiger partial charge is 0.504 e. The number of nitrogens with one attached hydrogen (secondary N) is 2. The van der Waals surface area contributed by atoms with Crippen molar-refractivity contribution in [1.29, 1.82) is 0 Å². The van der Waals surface area contributed by atoms with Gasteiger partial charge in [0.05, 0.1) is 24.8 Å². The van der Waals surface area contributed by atoms with Crippen molar-refractivity contribution in [3.63, 3.8) is 0 Å². The molecule has 0 unspecified atom stereocenters. The van der Waals surface area contributed by atoms with Crippen LogP contribution < -0.4 is 10.6 Å². The number of rotatable bonds is 2. The van der Waals surface area contributed by atoms with E-state index in [0.29, 0.717) is 12.1 Å². The molecule has 1 aliphatic carbocycles. The van der Waals surface area contributed by atoms with E-state index >= 15 is 0 Å². The van der Waals surface area contributed by atoms with Crippen molar-refractivity contribution >= 4 is 16.6 Å². The number of anilines is 1. The molecule has 1 fully saturated rings. The molecule has 0 saturated carbocycles. The highest BCUT2D eigenvalue weighted by Gasteiger charge is 2.23. The Balaban J connectivity index is 1.81. The molecule has 0 spiro atoms. The Bertz CT molecular complexity index is 740. The molecule has 1 aliphatic heterocycles. The Kier molecular flexibility index (Phi) is 3.71. The standard InChI is InChI=1S/C17H21N3O3/c21-15-6-12-14(7-16(15)22)20-13-3-1-2-11(13)17(12)19-10-8-18-4-5-23-9-10/h6-7,10,18,21-22H,1-5,8-9H2,(H,19,20)/t10-/m1/s1. The average molecular weight is 315 g/mol. The topological polar surface area (TPSA) is 86.6 Å². The normalized spacial score (nSPS) is 21.1. The van der Waals surface area contributed by atoms with Gasteiger partial charge in [-0.3, -0.25) is 4.98 Å². The summed E-state index contributed by atoms with van der Waals surface area (Å²) < 4.78 is 5.62. The quantitative estimate of drug-likeness (QED) is 0.629. The third-order valence-corrected chi connectivity index (χ3v) is 4.59. The maximum Gasteiger partial charge on any atom is 0.159 e. The van der Waals surface area contributed by atoms with E-state index in [-0.39, 0.29) is 17.5 Å². The van der Waals surface area contributed by atoms with Crippen molar-refractivity contribution in [2.75, 3.05) is 31.6 Å². The van der Waals surface area contributed by atoms with Crippen LogP contribution in [0.2, 0.25) is 0 Å². The SMILES string of the molecule is Oc1cc2nc3c(c(N[C@@H]4CNCCOC4)c2cc1O)CCC3. The number of hydrogen-bond acceptors (Lipinski definition) is 6. The molecular weight excluding hydrogens is 294 g/mol. The highest BCUT2D eigenvalue weighted by Crippen LogP contribution is 2.38. The molecule has 122 valence electrons. The first-order valence-corrected chi connectivity index (χ1v) is 8.15. The van der Waals surface area contributed by atoms with Gasteiger partial charge in [-0.15, -0.1) is 0 Å². The molecule has 0 bridgehead atoms. The Morgan fingerprint density at radius 1 is 1.22 bits per heavy atom. The summed E-state index contributed by atoms with van der Waals surface area (Å²) in [5.74, 6) is -0.246. The van der Waals surface area contributed by atoms with Gasteiger partial charge in [-0.25, -0.2) is 0 Å².